The van der Waals surface area contributed by atoms with Crippen molar-refractivity contribution in [3.63, 3.8) is 0 Å². The second-order valence-electron chi connectivity index (χ2n) is 10.8. The van der Waals surface area contributed by atoms with Gasteiger partial charge >= 0.3 is 0 Å². The van der Waals surface area contributed by atoms with Crippen LogP contribution in [0.4, 0.5) is 5.69 Å². The van der Waals surface area contributed by atoms with Crippen LogP contribution >= 0.6 is 0 Å². The zero-order valence-corrected chi connectivity index (χ0v) is 21.2. The third-order valence-electron chi connectivity index (χ3n) is 8.62. The van der Waals surface area contributed by atoms with Crippen LogP contribution in [0.1, 0.15) is 84.6 Å². The molecule has 3 heteroatoms. The number of amides is 1. The molecule has 5 rings (SSSR count). The number of hydrogen-bond donors (Lipinski definition) is 1. The first-order valence-electron chi connectivity index (χ1n) is 13.5. The van der Waals surface area contributed by atoms with Crippen molar-refractivity contribution >= 4 is 11.6 Å². The molecule has 3 unspecified atom stereocenters. The highest BCUT2D eigenvalue weighted by Crippen LogP contribution is 2.53. The standard InChI is InChI=1S/C32H38N2O/c1-3-17-32-18-16-25(20-24-9-5-4-6-10-24)21-28(32)12-7-11-26-22-27(14-15-29(26)32)31(35)34-30-13-8-19-33-23(30)2/h4-6,8-10,13-15,19,22,25,28H,3,7,11-12,16-18,20-21H2,1-2H3,(H,34,35). The van der Waals surface area contributed by atoms with Crippen molar-refractivity contribution in [2.75, 3.05) is 5.32 Å². The van der Waals surface area contributed by atoms with Gasteiger partial charge in [0.05, 0.1) is 11.4 Å². The van der Waals surface area contributed by atoms with E-state index in [9.17, 15) is 4.79 Å². The van der Waals surface area contributed by atoms with Crippen LogP contribution < -0.4 is 5.32 Å². The van der Waals surface area contributed by atoms with E-state index in [0.29, 0.717) is 0 Å². The number of aromatic nitrogens is 1. The van der Waals surface area contributed by atoms with E-state index >= 15 is 0 Å². The summed E-state index contributed by atoms with van der Waals surface area (Å²) in [4.78, 5) is 17.4. The molecule has 2 aliphatic carbocycles. The Bertz CT molecular complexity index is 1170. The Morgan fingerprint density at radius 2 is 1.94 bits per heavy atom. The lowest BCUT2D eigenvalue weighted by molar-refractivity contribution is 0.102. The maximum atomic E-state index is 13.1. The highest BCUT2D eigenvalue weighted by atomic mass is 16.1. The number of anilines is 1. The molecule has 0 aliphatic heterocycles. The van der Waals surface area contributed by atoms with Gasteiger partial charge in [-0.2, -0.15) is 0 Å². The van der Waals surface area contributed by atoms with Crippen LogP contribution in [-0.4, -0.2) is 10.9 Å². The van der Waals surface area contributed by atoms with Gasteiger partial charge in [0.15, 0.2) is 0 Å². The van der Waals surface area contributed by atoms with Crippen LogP contribution in [0.15, 0.2) is 66.9 Å². The van der Waals surface area contributed by atoms with Gasteiger partial charge in [0.25, 0.3) is 5.91 Å². The summed E-state index contributed by atoms with van der Waals surface area (Å²) in [5.41, 5.74) is 7.07. The molecule has 1 amide bonds. The van der Waals surface area contributed by atoms with E-state index in [0.717, 1.165) is 35.2 Å². The fraction of sp³-hybridized carbons (Fsp3) is 0.438. The van der Waals surface area contributed by atoms with Gasteiger partial charge in [0, 0.05) is 11.8 Å². The summed E-state index contributed by atoms with van der Waals surface area (Å²) in [6.45, 7) is 4.26. The van der Waals surface area contributed by atoms with Crippen molar-refractivity contribution in [3.8, 4) is 0 Å². The predicted molar refractivity (Wildman–Crippen MR) is 144 cm³/mol. The number of nitrogens with zero attached hydrogens (tertiary/aromatic N) is 1. The molecule has 1 saturated carbocycles. The van der Waals surface area contributed by atoms with E-state index in [2.05, 4.69) is 65.8 Å². The van der Waals surface area contributed by atoms with E-state index in [1.165, 1.54) is 68.1 Å². The van der Waals surface area contributed by atoms with E-state index in [1.54, 1.807) is 6.20 Å². The minimum atomic E-state index is -0.0409. The zero-order chi connectivity index (χ0) is 24.3. The maximum absolute atomic E-state index is 13.1. The number of pyridine rings is 1. The van der Waals surface area contributed by atoms with Crippen molar-refractivity contribution in [1.82, 2.24) is 4.98 Å². The van der Waals surface area contributed by atoms with E-state index in [1.807, 2.05) is 19.1 Å². The normalized spacial score (nSPS) is 23.6. The number of carbonyl (C=O) groups excluding carboxylic acids is 1. The lowest BCUT2D eigenvalue weighted by Crippen LogP contribution is -2.41. The second-order valence-corrected chi connectivity index (χ2v) is 10.8. The van der Waals surface area contributed by atoms with Gasteiger partial charge in [-0.05, 0) is 116 Å². The van der Waals surface area contributed by atoms with Crippen molar-refractivity contribution in [2.45, 2.75) is 77.0 Å². The summed E-state index contributed by atoms with van der Waals surface area (Å²) in [5, 5.41) is 3.07. The van der Waals surface area contributed by atoms with Gasteiger partial charge in [0.2, 0.25) is 0 Å². The van der Waals surface area contributed by atoms with Crippen LogP contribution in [0.2, 0.25) is 0 Å². The van der Waals surface area contributed by atoms with Crippen molar-refractivity contribution in [1.29, 1.82) is 0 Å². The highest BCUT2D eigenvalue weighted by molar-refractivity contribution is 6.04. The van der Waals surface area contributed by atoms with Crippen LogP contribution in [0, 0.1) is 18.8 Å². The summed E-state index contributed by atoms with van der Waals surface area (Å²) in [6.07, 6.45) is 12.9. The van der Waals surface area contributed by atoms with Crippen LogP contribution in [-0.2, 0) is 18.3 Å². The highest BCUT2D eigenvalue weighted by Gasteiger charge is 2.45. The fourth-order valence-corrected chi connectivity index (χ4v) is 6.98. The van der Waals surface area contributed by atoms with E-state index in [-0.39, 0.29) is 11.3 Å². The number of carbonyl (C=O) groups is 1. The van der Waals surface area contributed by atoms with Crippen molar-refractivity contribution in [3.05, 3.63) is 94.8 Å². The number of benzene rings is 2. The largest absolute Gasteiger partial charge is 0.320 e. The van der Waals surface area contributed by atoms with Gasteiger partial charge < -0.3 is 5.32 Å². The molecule has 1 N–H and O–H groups in total. The molecule has 1 fully saturated rings. The monoisotopic (exact) mass is 466 g/mol. The Labute approximate surface area is 210 Å². The van der Waals surface area contributed by atoms with Crippen LogP contribution in [0.5, 0.6) is 0 Å². The summed E-state index contributed by atoms with van der Waals surface area (Å²) < 4.78 is 0. The number of hydrogen-bond acceptors (Lipinski definition) is 2. The molecule has 3 nitrogen and oxygen atoms in total. The minimum absolute atomic E-state index is 0.0409. The molecule has 0 saturated heterocycles. The molecule has 35 heavy (non-hydrogen) atoms. The topological polar surface area (TPSA) is 42.0 Å². The number of rotatable bonds is 6. The fourth-order valence-electron chi connectivity index (χ4n) is 6.98. The zero-order valence-electron chi connectivity index (χ0n) is 21.2. The molecule has 0 radical (unpaired) electrons. The first-order chi connectivity index (χ1) is 17.1. The third kappa shape index (κ3) is 4.91. The molecule has 1 heterocycles. The maximum Gasteiger partial charge on any atom is 0.255 e. The Morgan fingerprint density at radius 1 is 1.09 bits per heavy atom. The Hall–Kier alpha value is -2.94. The molecule has 3 atom stereocenters. The van der Waals surface area contributed by atoms with Crippen LogP contribution in [0.25, 0.3) is 0 Å². The van der Waals surface area contributed by atoms with Gasteiger partial charge in [-0.3, -0.25) is 9.78 Å². The molecule has 3 aromatic rings. The second kappa shape index (κ2) is 10.4. The van der Waals surface area contributed by atoms with Crippen molar-refractivity contribution < 1.29 is 4.79 Å². The molecule has 2 aliphatic rings. The lowest BCUT2D eigenvalue weighted by Gasteiger charge is -2.47. The Morgan fingerprint density at radius 3 is 2.74 bits per heavy atom. The van der Waals surface area contributed by atoms with E-state index < -0.39 is 0 Å². The van der Waals surface area contributed by atoms with E-state index in [4.69, 9.17) is 0 Å². The molecule has 1 aromatic heterocycles. The SMILES string of the molecule is CCCC12CCC(Cc3ccccc3)CC1CCCc1cc(C(=O)Nc3cccnc3C)ccc12. The average molecular weight is 467 g/mol. The van der Waals surface area contributed by atoms with Crippen molar-refractivity contribution in [2.24, 2.45) is 11.8 Å². The average Bonchev–Trinajstić information content (AvgIpc) is 3.02. The smallest absolute Gasteiger partial charge is 0.255 e. The molecular formula is C32H38N2O. The summed E-state index contributed by atoms with van der Waals surface area (Å²) >= 11 is 0. The molecule has 0 spiro atoms. The summed E-state index contributed by atoms with van der Waals surface area (Å²) in [7, 11) is 0. The predicted octanol–water partition coefficient (Wildman–Crippen LogP) is 7.68. The minimum Gasteiger partial charge on any atom is -0.320 e. The Balaban J connectivity index is 1.40. The third-order valence-corrected chi connectivity index (χ3v) is 8.62. The molecule has 182 valence electrons. The molecular weight excluding hydrogens is 428 g/mol. The lowest BCUT2D eigenvalue weighted by atomic mass is 9.57. The molecule has 2 aromatic carbocycles. The van der Waals surface area contributed by atoms with Gasteiger partial charge in [-0.1, -0.05) is 49.7 Å². The van der Waals surface area contributed by atoms with Gasteiger partial charge in [-0.15, -0.1) is 0 Å². The van der Waals surface area contributed by atoms with Crippen LogP contribution in [0.3, 0.4) is 0 Å². The summed E-state index contributed by atoms with van der Waals surface area (Å²) in [6, 6.07) is 21.4. The number of nitrogens with one attached hydrogen (secondary N) is 1. The van der Waals surface area contributed by atoms with Gasteiger partial charge in [0.1, 0.15) is 0 Å². The summed E-state index contributed by atoms with van der Waals surface area (Å²) in [5.74, 6) is 1.48. The quantitative estimate of drug-likeness (QED) is 0.405. The number of fused-ring (bicyclic) bond motifs is 3. The first kappa shape index (κ1) is 23.8. The Kier molecular flexibility index (Phi) is 7.04. The first-order valence-corrected chi connectivity index (χ1v) is 13.5. The molecule has 0 bridgehead atoms. The van der Waals surface area contributed by atoms with Gasteiger partial charge in [-0.25, -0.2) is 0 Å². The number of aryl methyl sites for hydroxylation is 2.